The maximum atomic E-state index is 14.9. The van der Waals surface area contributed by atoms with E-state index in [0.717, 1.165) is 5.56 Å². The first-order valence-corrected chi connectivity index (χ1v) is 13.4. The Morgan fingerprint density at radius 2 is 2.05 bits per heavy atom. The summed E-state index contributed by atoms with van der Waals surface area (Å²) in [5.41, 5.74) is 1.64. The number of rotatable bonds is 7. The first-order valence-electron chi connectivity index (χ1n) is 13.4. The van der Waals surface area contributed by atoms with Gasteiger partial charge in [-0.15, -0.1) is 0 Å². The zero-order chi connectivity index (χ0) is 30.0. The number of likely N-dealkylation sites (tertiary alicyclic amines) is 1. The topological polar surface area (TPSA) is 164 Å². The highest BCUT2D eigenvalue weighted by atomic mass is 19.1. The highest BCUT2D eigenvalue weighted by molar-refractivity contribution is 5.94. The molecular formula is C27H31FN6O8. The van der Waals surface area contributed by atoms with Crippen LogP contribution in [0.2, 0.25) is 0 Å². The Morgan fingerprint density at radius 1 is 1.29 bits per heavy atom. The third-order valence-electron chi connectivity index (χ3n) is 7.65. The monoisotopic (exact) mass is 586 g/mol. The SMILES string of the molecule is CC(=O)N1CC(Oc2cc(F)c3c(c2)CC(N(C)CCC2CN(c4cnc5c(n4)NC(=O)CO5)C(=O)O2)C3)C1.O=CO. The Morgan fingerprint density at radius 3 is 2.79 bits per heavy atom. The van der Waals surface area contributed by atoms with Crippen LogP contribution in [0.4, 0.5) is 20.8 Å². The van der Waals surface area contributed by atoms with Crippen LogP contribution in [-0.4, -0.2) is 107 Å². The van der Waals surface area contributed by atoms with Crippen molar-refractivity contribution in [1.29, 1.82) is 0 Å². The zero-order valence-corrected chi connectivity index (χ0v) is 23.1. The van der Waals surface area contributed by atoms with E-state index in [0.29, 0.717) is 56.8 Å². The number of carboxylic acid groups (broad SMARTS) is 1. The van der Waals surface area contributed by atoms with Crippen LogP contribution < -0.4 is 19.7 Å². The van der Waals surface area contributed by atoms with Crippen LogP contribution in [0.15, 0.2) is 18.3 Å². The summed E-state index contributed by atoms with van der Waals surface area (Å²) in [7, 11) is 1.99. The lowest BCUT2D eigenvalue weighted by Crippen LogP contribution is -2.55. The second-order valence-electron chi connectivity index (χ2n) is 10.5. The summed E-state index contributed by atoms with van der Waals surface area (Å²) in [6, 6.07) is 3.46. The molecule has 2 unspecified atom stereocenters. The summed E-state index contributed by atoms with van der Waals surface area (Å²) >= 11 is 0. The van der Waals surface area contributed by atoms with Gasteiger partial charge in [0.1, 0.15) is 23.8 Å². The predicted octanol–water partition coefficient (Wildman–Crippen LogP) is 1.07. The van der Waals surface area contributed by atoms with Gasteiger partial charge in [0.2, 0.25) is 5.91 Å². The minimum Gasteiger partial charge on any atom is -0.487 e. The highest BCUT2D eigenvalue weighted by Gasteiger charge is 2.36. The third kappa shape index (κ3) is 6.20. The fourth-order valence-electron chi connectivity index (χ4n) is 5.36. The van der Waals surface area contributed by atoms with Gasteiger partial charge < -0.3 is 34.4 Å². The van der Waals surface area contributed by atoms with Crippen molar-refractivity contribution in [1.82, 2.24) is 19.8 Å². The Balaban J connectivity index is 0.00000113. The van der Waals surface area contributed by atoms with E-state index in [1.165, 1.54) is 24.1 Å². The van der Waals surface area contributed by atoms with E-state index in [1.807, 2.05) is 13.1 Å². The van der Waals surface area contributed by atoms with E-state index < -0.39 is 6.09 Å². The van der Waals surface area contributed by atoms with Crippen molar-refractivity contribution in [3.8, 4) is 11.6 Å². The van der Waals surface area contributed by atoms with Gasteiger partial charge in [0.25, 0.3) is 18.3 Å². The van der Waals surface area contributed by atoms with Gasteiger partial charge in [-0.1, -0.05) is 0 Å². The molecule has 15 heteroatoms. The summed E-state index contributed by atoms with van der Waals surface area (Å²) < 4.78 is 31.6. The van der Waals surface area contributed by atoms with Crippen LogP contribution >= 0.6 is 0 Å². The Kier molecular flexibility index (Phi) is 8.38. The molecule has 2 saturated heterocycles. The summed E-state index contributed by atoms with van der Waals surface area (Å²) in [5.74, 6) is 0.558. The molecule has 2 fully saturated rings. The average Bonchev–Trinajstić information content (AvgIpc) is 3.53. The minimum absolute atomic E-state index is 0.0123. The molecule has 3 aliphatic heterocycles. The van der Waals surface area contributed by atoms with Crippen LogP contribution in [0.1, 0.15) is 24.5 Å². The van der Waals surface area contributed by atoms with Gasteiger partial charge in [-0.2, -0.15) is 0 Å². The second kappa shape index (κ2) is 12.1. The van der Waals surface area contributed by atoms with Gasteiger partial charge in [0.05, 0.1) is 25.8 Å². The van der Waals surface area contributed by atoms with Crippen LogP contribution in [0.25, 0.3) is 0 Å². The van der Waals surface area contributed by atoms with Crippen LogP contribution in [-0.2, 0) is 32.0 Å². The number of anilines is 2. The number of amides is 3. The maximum absolute atomic E-state index is 14.9. The van der Waals surface area contributed by atoms with E-state index in [4.69, 9.17) is 24.1 Å². The number of aromatic nitrogens is 2. The van der Waals surface area contributed by atoms with Crippen molar-refractivity contribution >= 4 is 36.0 Å². The summed E-state index contributed by atoms with van der Waals surface area (Å²) in [4.78, 5) is 57.5. The molecule has 6 rings (SSSR count). The predicted molar refractivity (Wildman–Crippen MR) is 144 cm³/mol. The number of nitrogens with zero attached hydrogens (tertiary/aromatic N) is 5. The number of carbonyl (C=O) groups excluding carboxylic acids is 3. The number of benzene rings is 1. The molecule has 1 aromatic carbocycles. The summed E-state index contributed by atoms with van der Waals surface area (Å²) in [6.07, 6.45) is 2.31. The largest absolute Gasteiger partial charge is 0.487 e. The molecule has 0 radical (unpaired) electrons. The van der Waals surface area contributed by atoms with Crippen molar-refractivity contribution < 1.29 is 42.9 Å². The number of halogens is 1. The second-order valence-corrected chi connectivity index (χ2v) is 10.5. The third-order valence-corrected chi connectivity index (χ3v) is 7.65. The molecule has 42 heavy (non-hydrogen) atoms. The minimum atomic E-state index is -0.527. The number of carbonyl (C=O) groups is 4. The number of hydrogen-bond acceptors (Lipinski definition) is 10. The van der Waals surface area contributed by atoms with Crippen molar-refractivity contribution in [2.45, 2.75) is 44.4 Å². The van der Waals surface area contributed by atoms with E-state index in [2.05, 4.69) is 20.2 Å². The first-order chi connectivity index (χ1) is 20.1. The lowest BCUT2D eigenvalue weighted by molar-refractivity contribution is -0.137. The molecule has 224 valence electrons. The van der Waals surface area contributed by atoms with Crippen molar-refractivity contribution in [2.24, 2.45) is 0 Å². The molecule has 2 N–H and O–H groups in total. The van der Waals surface area contributed by atoms with Crippen LogP contribution in [0.3, 0.4) is 0 Å². The first kappa shape index (κ1) is 29.0. The molecule has 0 bridgehead atoms. The van der Waals surface area contributed by atoms with E-state index in [-0.39, 0.29) is 66.5 Å². The molecule has 2 aromatic rings. The van der Waals surface area contributed by atoms with Gasteiger partial charge in [-0.05, 0) is 43.5 Å². The summed E-state index contributed by atoms with van der Waals surface area (Å²) in [5, 5.41) is 9.47. The van der Waals surface area contributed by atoms with Crippen molar-refractivity contribution in [2.75, 3.05) is 50.1 Å². The average molecular weight is 587 g/mol. The molecule has 0 spiro atoms. The van der Waals surface area contributed by atoms with E-state index in [9.17, 15) is 18.8 Å². The lowest BCUT2D eigenvalue weighted by atomic mass is 10.1. The van der Waals surface area contributed by atoms with Crippen LogP contribution in [0.5, 0.6) is 11.6 Å². The van der Waals surface area contributed by atoms with Crippen molar-refractivity contribution in [3.05, 3.63) is 35.3 Å². The standard InChI is InChI=1S/C26H29FN6O6.CH2O2/c1-14(34)32-10-19(11-32)38-18-6-15-5-16(7-20(15)21(27)8-18)31(2)4-3-17-12-33(26(36)39-17)22-9-28-25-24(29-22)30-23(35)13-37-25;2-1-3/h6,8-9,16-17,19H,3-5,7,10-13H2,1-2H3,(H,29,30,35);1H,(H,2,3). The molecule has 1 aliphatic carbocycles. The molecule has 4 heterocycles. The van der Waals surface area contributed by atoms with Gasteiger partial charge >= 0.3 is 6.09 Å². The van der Waals surface area contributed by atoms with Crippen LogP contribution in [0, 0.1) is 5.82 Å². The number of ether oxygens (including phenoxy) is 3. The van der Waals surface area contributed by atoms with Gasteiger partial charge in [-0.3, -0.25) is 19.3 Å². The molecule has 2 atom stereocenters. The Bertz CT molecular complexity index is 1390. The van der Waals surface area contributed by atoms with E-state index in [1.54, 1.807) is 4.90 Å². The highest BCUT2D eigenvalue weighted by Crippen LogP contribution is 2.33. The normalized spacial score (nSPS) is 20.9. The fourth-order valence-corrected chi connectivity index (χ4v) is 5.36. The number of hydrogen-bond donors (Lipinski definition) is 2. The van der Waals surface area contributed by atoms with Gasteiger partial charge in [-0.25, -0.2) is 19.2 Å². The molecule has 14 nitrogen and oxygen atoms in total. The molecular weight excluding hydrogens is 555 g/mol. The van der Waals surface area contributed by atoms with E-state index >= 15 is 0 Å². The van der Waals surface area contributed by atoms with Gasteiger partial charge in [0, 0.05) is 25.6 Å². The van der Waals surface area contributed by atoms with Crippen molar-refractivity contribution in [3.63, 3.8) is 0 Å². The number of cyclic esters (lactones) is 1. The quantitative estimate of drug-likeness (QED) is 0.446. The summed E-state index contributed by atoms with van der Waals surface area (Å²) in [6.45, 7) is 3.14. The molecule has 0 saturated carbocycles. The molecule has 1 aromatic heterocycles. The Labute approximate surface area is 240 Å². The Hall–Kier alpha value is -4.53. The molecule has 4 aliphatic rings. The number of nitrogens with one attached hydrogen (secondary N) is 1. The number of fused-ring (bicyclic) bond motifs is 2. The lowest BCUT2D eigenvalue weighted by Gasteiger charge is -2.38. The smallest absolute Gasteiger partial charge is 0.415 e. The molecule has 3 amide bonds. The number of likely N-dealkylation sites (N-methyl/N-ethyl adjacent to an activating group) is 1. The fraction of sp³-hybridized carbons (Fsp3) is 0.481. The van der Waals surface area contributed by atoms with Gasteiger partial charge in [0.15, 0.2) is 18.2 Å². The maximum Gasteiger partial charge on any atom is 0.415 e. The zero-order valence-electron chi connectivity index (χ0n) is 23.1.